The van der Waals surface area contributed by atoms with Crippen LogP contribution in [-0.4, -0.2) is 39.3 Å². The fraction of sp³-hybridized carbons (Fsp3) is 0.308. The maximum atomic E-state index is 13.3. The third-order valence-corrected chi connectivity index (χ3v) is 6.93. The zero-order valence-electron chi connectivity index (χ0n) is 18.3. The van der Waals surface area contributed by atoms with Crippen molar-refractivity contribution in [3.05, 3.63) is 70.4 Å². The smallest absolute Gasteiger partial charge is 0.295 e. The molecule has 0 spiro atoms. The number of aromatic amines is 1. The van der Waals surface area contributed by atoms with E-state index in [4.69, 9.17) is 16.3 Å². The first-order valence-corrected chi connectivity index (χ1v) is 11.7. The molecule has 2 fully saturated rings. The highest BCUT2D eigenvalue weighted by molar-refractivity contribution is 6.47. The number of carbonyl (C=O) groups excluding carboxylic acids is 2. The first-order valence-electron chi connectivity index (χ1n) is 11.3. The van der Waals surface area contributed by atoms with Crippen LogP contribution in [0.2, 0.25) is 5.02 Å². The molecule has 0 bridgehead atoms. The van der Waals surface area contributed by atoms with Crippen molar-refractivity contribution in [1.82, 2.24) is 9.88 Å². The average molecular weight is 465 g/mol. The van der Waals surface area contributed by atoms with Gasteiger partial charge in [-0.25, -0.2) is 0 Å². The largest absolute Gasteiger partial charge is 0.507 e. The summed E-state index contributed by atoms with van der Waals surface area (Å²) < 4.78 is 5.56. The number of para-hydroxylation sites is 1. The predicted molar refractivity (Wildman–Crippen MR) is 127 cm³/mol. The molecule has 1 aromatic heterocycles. The minimum Gasteiger partial charge on any atom is -0.507 e. The molecule has 1 unspecified atom stereocenters. The predicted octanol–water partition coefficient (Wildman–Crippen LogP) is 5.58. The standard InChI is InChI=1S/C26H25ClN2O4/c1-2-33-21-13-15(11-12-19(21)27)24(30)22-23(18-14-28-20-10-6-5-9-17(18)20)29(26(32)25(22)31)16-7-3-4-8-16/h5-6,9-14,16,23,28,30H,2-4,7-8H2,1H3/b24-22+. The molecule has 7 heteroatoms. The summed E-state index contributed by atoms with van der Waals surface area (Å²) in [7, 11) is 0. The van der Waals surface area contributed by atoms with E-state index in [0.29, 0.717) is 22.9 Å². The number of aromatic nitrogens is 1. The lowest BCUT2D eigenvalue weighted by atomic mass is 9.94. The Bertz CT molecular complexity index is 1270. The van der Waals surface area contributed by atoms with Gasteiger partial charge in [-0.1, -0.05) is 42.6 Å². The van der Waals surface area contributed by atoms with Gasteiger partial charge in [0.2, 0.25) is 0 Å². The molecule has 0 radical (unpaired) electrons. The zero-order valence-corrected chi connectivity index (χ0v) is 19.1. The van der Waals surface area contributed by atoms with Gasteiger partial charge in [-0.2, -0.15) is 0 Å². The van der Waals surface area contributed by atoms with Crippen molar-refractivity contribution < 1.29 is 19.4 Å². The summed E-state index contributed by atoms with van der Waals surface area (Å²) in [6.45, 7) is 2.25. The number of aliphatic hydroxyl groups is 1. The Balaban J connectivity index is 1.71. The lowest BCUT2D eigenvalue weighted by Gasteiger charge is -2.30. The molecular formula is C26H25ClN2O4. The summed E-state index contributed by atoms with van der Waals surface area (Å²) in [5.74, 6) is -1.03. The number of ketones is 1. The van der Waals surface area contributed by atoms with E-state index in [0.717, 1.165) is 42.1 Å². The Hall–Kier alpha value is -3.25. The zero-order chi connectivity index (χ0) is 23.1. The molecule has 1 saturated carbocycles. The number of benzene rings is 2. The fourth-order valence-electron chi connectivity index (χ4n) is 5.11. The maximum absolute atomic E-state index is 13.3. The third kappa shape index (κ3) is 3.59. The Kier molecular flexibility index (Phi) is 5.62. The lowest BCUT2D eigenvalue weighted by molar-refractivity contribution is -0.141. The van der Waals surface area contributed by atoms with E-state index < -0.39 is 17.7 Å². The van der Waals surface area contributed by atoms with Crippen LogP contribution in [0.1, 0.15) is 49.8 Å². The number of H-pyrrole nitrogens is 1. The van der Waals surface area contributed by atoms with Crippen LogP contribution in [0.15, 0.2) is 54.2 Å². The molecular weight excluding hydrogens is 440 g/mol. The van der Waals surface area contributed by atoms with Crippen LogP contribution in [0, 0.1) is 0 Å². The van der Waals surface area contributed by atoms with E-state index in [1.165, 1.54) is 0 Å². The van der Waals surface area contributed by atoms with Crippen molar-refractivity contribution in [2.24, 2.45) is 0 Å². The molecule has 1 amide bonds. The molecule has 170 valence electrons. The van der Waals surface area contributed by atoms with Gasteiger partial charge in [0.15, 0.2) is 0 Å². The monoisotopic (exact) mass is 464 g/mol. The summed E-state index contributed by atoms with van der Waals surface area (Å²) in [5, 5.41) is 12.7. The number of Topliss-reactive ketones (excluding diaryl/α,β-unsaturated/α-hetero) is 1. The summed E-state index contributed by atoms with van der Waals surface area (Å²) in [4.78, 5) is 31.5. The Morgan fingerprint density at radius 1 is 1.18 bits per heavy atom. The summed E-state index contributed by atoms with van der Waals surface area (Å²) in [6, 6.07) is 11.9. The molecule has 2 aromatic carbocycles. The maximum Gasteiger partial charge on any atom is 0.295 e. The number of ether oxygens (including phenoxy) is 1. The molecule has 6 nitrogen and oxygen atoms in total. The molecule has 2 N–H and O–H groups in total. The Labute approximate surface area is 196 Å². The summed E-state index contributed by atoms with van der Waals surface area (Å²) >= 11 is 6.22. The van der Waals surface area contributed by atoms with Crippen molar-refractivity contribution in [1.29, 1.82) is 0 Å². The molecule has 2 aliphatic rings. The van der Waals surface area contributed by atoms with Gasteiger partial charge in [-0.05, 0) is 44.0 Å². The first-order chi connectivity index (χ1) is 16.0. The number of nitrogens with zero attached hydrogens (tertiary/aromatic N) is 1. The van der Waals surface area contributed by atoms with Crippen LogP contribution >= 0.6 is 11.6 Å². The van der Waals surface area contributed by atoms with Crippen LogP contribution in [-0.2, 0) is 9.59 Å². The third-order valence-electron chi connectivity index (χ3n) is 6.62. The highest BCUT2D eigenvalue weighted by Crippen LogP contribution is 2.45. The first kappa shape index (κ1) is 21.6. The lowest BCUT2D eigenvalue weighted by Crippen LogP contribution is -2.37. The highest BCUT2D eigenvalue weighted by Gasteiger charge is 2.49. The second-order valence-electron chi connectivity index (χ2n) is 8.51. The molecule has 3 aromatic rings. The fourth-order valence-corrected chi connectivity index (χ4v) is 5.28. The second kappa shape index (κ2) is 8.60. The number of fused-ring (bicyclic) bond motifs is 1. The normalized spacial score (nSPS) is 20.8. The van der Waals surface area contributed by atoms with E-state index in [9.17, 15) is 14.7 Å². The molecule has 1 aliphatic carbocycles. The topological polar surface area (TPSA) is 82.6 Å². The minimum atomic E-state index is -0.671. The minimum absolute atomic E-state index is 0.0328. The van der Waals surface area contributed by atoms with Crippen molar-refractivity contribution in [2.45, 2.75) is 44.7 Å². The number of aliphatic hydroxyl groups excluding tert-OH is 1. The quantitative estimate of drug-likeness (QED) is 0.293. The van der Waals surface area contributed by atoms with Gasteiger partial charge in [-0.15, -0.1) is 0 Å². The van der Waals surface area contributed by atoms with Crippen LogP contribution in [0.5, 0.6) is 5.75 Å². The van der Waals surface area contributed by atoms with Gasteiger partial charge in [0.25, 0.3) is 11.7 Å². The number of hydrogen-bond donors (Lipinski definition) is 2. The molecule has 1 saturated heterocycles. The van der Waals surface area contributed by atoms with Gasteiger partial charge in [0.05, 0.1) is 23.2 Å². The molecule has 1 atom stereocenters. The highest BCUT2D eigenvalue weighted by atomic mass is 35.5. The number of likely N-dealkylation sites (tertiary alicyclic amines) is 1. The van der Waals surface area contributed by atoms with Gasteiger partial charge in [-0.3, -0.25) is 9.59 Å². The van der Waals surface area contributed by atoms with Gasteiger partial charge >= 0.3 is 0 Å². The van der Waals surface area contributed by atoms with Crippen molar-refractivity contribution in [3.8, 4) is 5.75 Å². The molecule has 5 rings (SSSR count). The van der Waals surface area contributed by atoms with Crippen molar-refractivity contribution >= 4 is 40.0 Å². The molecule has 33 heavy (non-hydrogen) atoms. The van der Waals surface area contributed by atoms with Crippen LogP contribution in [0.3, 0.4) is 0 Å². The summed E-state index contributed by atoms with van der Waals surface area (Å²) in [6.07, 6.45) is 5.57. The van der Waals surface area contributed by atoms with E-state index >= 15 is 0 Å². The Morgan fingerprint density at radius 3 is 2.70 bits per heavy atom. The SMILES string of the molecule is CCOc1cc(/C(O)=C2\C(=O)C(=O)N(C3CCCC3)C2c2c[nH]c3ccccc23)ccc1Cl. The van der Waals surface area contributed by atoms with E-state index in [1.807, 2.05) is 37.4 Å². The van der Waals surface area contributed by atoms with E-state index in [2.05, 4.69) is 4.98 Å². The van der Waals surface area contributed by atoms with Gasteiger partial charge in [0, 0.05) is 34.3 Å². The number of halogens is 1. The van der Waals surface area contributed by atoms with Crippen molar-refractivity contribution in [3.63, 3.8) is 0 Å². The van der Waals surface area contributed by atoms with Crippen LogP contribution in [0.25, 0.3) is 16.7 Å². The number of rotatable bonds is 5. The number of carbonyl (C=O) groups is 2. The number of nitrogens with one attached hydrogen (secondary N) is 1. The van der Waals surface area contributed by atoms with Gasteiger partial charge < -0.3 is 19.7 Å². The van der Waals surface area contributed by atoms with Crippen LogP contribution in [0.4, 0.5) is 0 Å². The number of amides is 1. The van der Waals surface area contributed by atoms with E-state index in [1.54, 1.807) is 23.1 Å². The average Bonchev–Trinajstić information content (AvgIpc) is 3.54. The molecule has 1 aliphatic heterocycles. The summed E-state index contributed by atoms with van der Waals surface area (Å²) in [5.41, 5.74) is 2.20. The van der Waals surface area contributed by atoms with E-state index in [-0.39, 0.29) is 17.4 Å². The Morgan fingerprint density at radius 2 is 1.94 bits per heavy atom. The van der Waals surface area contributed by atoms with Gasteiger partial charge in [0.1, 0.15) is 11.5 Å². The number of hydrogen-bond acceptors (Lipinski definition) is 4. The second-order valence-corrected chi connectivity index (χ2v) is 8.92. The van der Waals surface area contributed by atoms with Crippen LogP contribution < -0.4 is 4.74 Å². The molecule has 2 heterocycles. The van der Waals surface area contributed by atoms with Crippen molar-refractivity contribution in [2.75, 3.05) is 6.61 Å².